The third-order valence-electron chi connectivity index (χ3n) is 2.72. The molecule has 18 heavy (non-hydrogen) atoms. The molecule has 0 aromatic carbocycles. The third-order valence-corrected chi connectivity index (χ3v) is 2.72. The van der Waals surface area contributed by atoms with Gasteiger partial charge in [-0.3, -0.25) is 4.57 Å². The summed E-state index contributed by atoms with van der Waals surface area (Å²) in [7, 11) is 0. The molecular formula is C10H12FN3O4. The molecular weight excluding hydrogens is 245 g/mol. The fourth-order valence-electron chi connectivity index (χ4n) is 1.72. The maximum absolute atomic E-state index is 13.3. The zero-order chi connectivity index (χ0) is 13.4. The van der Waals surface area contributed by atoms with Gasteiger partial charge < -0.3 is 20.7 Å². The standard InChI is InChI=1S/C10H12FN3O4/c1-4-7(16)6(3-15)18-9(4)14-2-5(11)8(12)13-10(14)17/h2,6-7,9,15-16H,1,3H2,(H2,12,13,17)/t6-,7+,9-/m1/s1. The summed E-state index contributed by atoms with van der Waals surface area (Å²) in [6.07, 6.45) is -2.29. The number of nitrogens with two attached hydrogens (primary N) is 1. The maximum atomic E-state index is 13.3. The van der Waals surface area contributed by atoms with Gasteiger partial charge in [0.2, 0.25) is 0 Å². The summed E-state index contributed by atoms with van der Waals surface area (Å²) in [6, 6.07) is 0. The van der Waals surface area contributed by atoms with Crippen molar-refractivity contribution >= 4 is 5.82 Å². The lowest BCUT2D eigenvalue weighted by atomic mass is 10.1. The monoisotopic (exact) mass is 257 g/mol. The number of aromatic nitrogens is 2. The second kappa shape index (κ2) is 4.48. The van der Waals surface area contributed by atoms with Gasteiger partial charge in [-0.1, -0.05) is 6.58 Å². The lowest BCUT2D eigenvalue weighted by Gasteiger charge is -2.14. The number of hydrogen-bond donors (Lipinski definition) is 3. The molecule has 7 nitrogen and oxygen atoms in total. The minimum Gasteiger partial charge on any atom is -0.394 e. The molecule has 98 valence electrons. The fourth-order valence-corrected chi connectivity index (χ4v) is 1.72. The number of nitrogens with zero attached hydrogens (tertiary/aromatic N) is 2. The van der Waals surface area contributed by atoms with Crippen LogP contribution >= 0.6 is 0 Å². The van der Waals surface area contributed by atoms with Crippen molar-refractivity contribution < 1.29 is 19.3 Å². The predicted molar refractivity (Wildman–Crippen MR) is 59.0 cm³/mol. The zero-order valence-corrected chi connectivity index (χ0v) is 9.28. The molecule has 0 amide bonds. The third kappa shape index (κ3) is 1.90. The van der Waals surface area contributed by atoms with E-state index in [1.165, 1.54) is 0 Å². The van der Waals surface area contributed by atoms with E-state index in [9.17, 15) is 14.3 Å². The second-order valence-corrected chi connectivity index (χ2v) is 3.89. The summed E-state index contributed by atoms with van der Waals surface area (Å²) in [6.45, 7) is 3.11. The van der Waals surface area contributed by atoms with Crippen molar-refractivity contribution in [2.24, 2.45) is 0 Å². The number of ether oxygens (including phenoxy) is 1. The summed E-state index contributed by atoms with van der Waals surface area (Å²) in [4.78, 5) is 14.8. The Bertz CT molecular complexity index is 544. The molecule has 8 heteroatoms. The van der Waals surface area contributed by atoms with Gasteiger partial charge in [-0.05, 0) is 0 Å². The average Bonchev–Trinajstić information content (AvgIpc) is 2.61. The van der Waals surface area contributed by atoms with Crippen molar-refractivity contribution in [1.29, 1.82) is 0 Å². The lowest BCUT2D eigenvalue weighted by Crippen LogP contribution is -2.29. The Morgan fingerprint density at radius 3 is 2.89 bits per heavy atom. The van der Waals surface area contributed by atoms with E-state index in [4.69, 9.17) is 15.6 Å². The maximum Gasteiger partial charge on any atom is 0.352 e. The van der Waals surface area contributed by atoms with Crippen LogP contribution in [0.5, 0.6) is 0 Å². The second-order valence-electron chi connectivity index (χ2n) is 3.89. The zero-order valence-electron chi connectivity index (χ0n) is 9.28. The van der Waals surface area contributed by atoms with E-state index in [0.29, 0.717) is 0 Å². The van der Waals surface area contributed by atoms with E-state index in [1.54, 1.807) is 0 Å². The first-order valence-corrected chi connectivity index (χ1v) is 5.13. The quantitative estimate of drug-likeness (QED) is 0.572. The van der Waals surface area contributed by atoms with Crippen LogP contribution in [0.2, 0.25) is 0 Å². The van der Waals surface area contributed by atoms with Gasteiger partial charge in [-0.15, -0.1) is 0 Å². The van der Waals surface area contributed by atoms with Crippen LogP contribution in [-0.4, -0.2) is 38.6 Å². The number of anilines is 1. The number of aliphatic hydroxyl groups excluding tert-OH is 2. The topological polar surface area (TPSA) is 111 Å². The number of halogens is 1. The lowest BCUT2D eigenvalue weighted by molar-refractivity contribution is -0.0449. The van der Waals surface area contributed by atoms with E-state index in [2.05, 4.69) is 11.6 Å². The molecule has 1 aromatic rings. The van der Waals surface area contributed by atoms with E-state index in [-0.39, 0.29) is 5.57 Å². The van der Waals surface area contributed by atoms with Gasteiger partial charge in [0.25, 0.3) is 0 Å². The summed E-state index contributed by atoms with van der Waals surface area (Å²) >= 11 is 0. The van der Waals surface area contributed by atoms with Crippen LogP contribution in [0, 0.1) is 5.82 Å². The highest BCUT2D eigenvalue weighted by Gasteiger charge is 2.38. The number of hydrogen-bond acceptors (Lipinski definition) is 6. The minimum atomic E-state index is -1.13. The van der Waals surface area contributed by atoms with Gasteiger partial charge in [-0.25, -0.2) is 9.18 Å². The molecule has 4 N–H and O–H groups in total. The molecule has 2 rings (SSSR count). The van der Waals surface area contributed by atoms with Crippen molar-refractivity contribution in [3.63, 3.8) is 0 Å². The first-order valence-electron chi connectivity index (χ1n) is 5.13. The molecule has 1 aliphatic rings. The van der Waals surface area contributed by atoms with Crippen molar-refractivity contribution in [2.45, 2.75) is 18.4 Å². The average molecular weight is 257 g/mol. The predicted octanol–water partition coefficient (Wildman–Crippen LogP) is -1.23. The molecule has 0 spiro atoms. The number of rotatable bonds is 2. The highest BCUT2D eigenvalue weighted by Crippen LogP contribution is 2.31. The molecule has 0 aliphatic carbocycles. The van der Waals surface area contributed by atoms with E-state index >= 15 is 0 Å². The van der Waals surface area contributed by atoms with E-state index < -0.39 is 42.4 Å². The van der Waals surface area contributed by atoms with Crippen molar-refractivity contribution in [1.82, 2.24) is 9.55 Å². The van der Waals surface area contributed by atoms with E-state index in [1.807, 2.05) is 0 Å². The Labute approximate surface area is 101 Å². The number of nitrogen functional groups attached to an aromatic ring is 1. The fraction of sp³-hybridized carbons (Fsp3) is 0.400. The van der Waals surface area contributed by atoms with Crippen LogP contribution in [0.15, 0.2) is 23.1 Å². The van der Waals surface area contributed by atoms with Gasteiger partial charge in [0, 0.05) is 5.57 Å². The molecule has 0 bridgehead atoms. The van der Waals surface area contributed by atoms with Crippen molar-refractivity contribution in [3.8, 4) is 0 Å². The Morgan fingerprint density at radius 1 is 1.67 bits per heavy atom. The van der Waals surface area contributed by atoms with Crippen LogP contribution in [0.4, 0.5) is 10.2 Å². The Kier molecular flexibility index (Phi) is 3.16. The van der Waals surface area contributed by atoms with Crippen molar-refractivity contribution in [2.75, 3.05) is 12.3 Å². The van der Waals surface area contributed by atoms with Crippen LogP contribution < -0.4 is 11.4 Å². The molecule has 1 saturated heterocycles. The Morgan fingerprint density at radius 2 is 2.33 bits per heavy atom. The van der Waals surface area contributed by atoms with Gasteiger partial charge in [0.1, 0.15) is 12.2 Å². The molecule has 0 unspecified atom stereocenters. The van der Waals surface area contributed by atoms with Crippen molar-refractivity contribution in [3.05, 3.63) is 34.7 Å². The molecule has 1 aromatic heterocycles. The normalized spacial score (nSPS) is 27.7. The Balaban J connectivity index is 2.42. The summed E-state index contributed by atoms with van der Waals surface area (Å²) in [5.41, 5.74) is 4.46. The first-order chi connectivity index (χ1) is 8.45. The van der Waals surface area contributed by atoms with Crippen LogP contribution in [0.3, 0.4) is 0 Å². The summed E-state index contributed by atoms with van der Waals surface area (Å²) in [5.74, 6) is -1.40. The SMILES string of the molecule is C=C1[C@H](n2cc(F)c(N)nc2=O)O[C@H](CO)[C@H]1O. The largest absolute Gasteiger partial charge is 0.394 e. The molecule has 1 fully saturated rings. The van der Waals surface area contributed by atoms with Crippen LogP contribution in [-0.2, 0) is 4.74 Å². The molecule has 3 atom stereocenters. The van der Waals surface area contributed by atoms with Gasteiger partial charge in [0.05, 0.1) is 12.8 Å². The molecule has 1 aliphatic heterocycles. The summed E-state index contributed by atoms with van der Waals surface area (Å²) < 4.78 is 19.3. The van der Waals surface area contributed by atoms with E-state index in [0.717, 1.165) is 10.8 Å². The number of aliphatic hydroxyl groups is 2. The highest BCUT2D eigenvalue weighted by molar-refractivity contribution is 5.27. The van der Waals surface area contributed by atoms with Gasteiger partial charge in [-0.2, -0.15) is 4.98 Å². The highest BCUT2D eigenvalue weighted by atomic mass is 19.1. The summed E-state index contributed by atoms with van der Waals surface area (Å²) in [5, 5.41) is 18.6. The smallest absolute Gasteiger partial charge is 0.352 e. The van der Waals surface area contributed by atoms with Gasteiger partial charge >= 0.3 is 5.69 Å². The molecule has 0 saturated carbocycles. The van der Waals surface area contributed by atoms with Gasteiger partial charge in [0.15, 0.2) is 17.9 Å². The Hall–Kier alpha value is -1.77. The molecule has 0 radical (unpaired) electrons. The van der Waals surface area contributed by atoms with Crippen LogP contribution in [0.25, 0.3) is 0 Å². The van der Waals surface area contributed by atoms with Crippen LogP contribution in [0.1, 0.15) is 6.23 Å². The first kappa shape index (κ1) is 12.7. The minimum absolute atomic E-state index is 0.141. The molecule has 2 heterocycles.